The molecule has 4 aromatic rings. The fraction of sp³-hybridized carbons (Fsp3) is 0.120. The van der Waals surface area contributed by atoms with Crippen molar-refractivity contribution in [1.29, 1.82) is 0 Å². The van der Waals surface area contributed by atoms with Crippen molar-refractivity contribution in [1.82, 2.24) is 10.1 Å². The molecule has 3 amide bonds. The summed E-state index contributed by atoms with van der Waals surface area (Å²) in [5.41, 5.74) is 5.29. The van der Waals surface area contributed by atoms with Crippen molar-refractivity contribution in [3.63, 3.8) is 0 Å². The number of anilines is 3. The highest BCUT2D eigenvalue weighted by atomic mass is 16.5. The zero-order chi connectivity index (χ0) is 23.4. The first-order valence-electron chi connectivity index (χ1n) is 10.4. The van der Waals surface area contributed by atoms with Crippen molar-refractivity contribution >= 4 is 29.0 Å². The zero-order valence-electron chi connectivity index (χ0n) is 18.5. The summed E-state index contributed by atoms with van der Waals surface area (Å²) in [5.74, 6) is 0.555. The average molecular weight is 441 g/mol. The fourth-order valence-electron chi connectivity index (χ4n) is 3.27. The van der Waals surface area contributed by atoms with Crippen molar-refractivity contribution in [2.75, 3.05) is 16.0 Å². The fourth-order valence-corrected chi connectivity index (χ4v) is 3.27. The lowest BCUT2D eigenvalue weighted by atomic mass is 10.1. The van der Waals surface area contributed by atoms with Crippen LogP contribution in [0.4, 0.5) is 21.9 Å². The molecule has 4 rings (SSSR count). The number of carbonyl (C=O) groups is 2. The monoisotopic (exact) mass is 441 g/mol. The minimum absolute atomic E-state index is 0.155. The SMILES string of the molecule is CC(=O)Nc1cc(-c2nc(-c3cccc(NC(=O)Nc4ccccc4C)c3)no2)ccc1C. The molecule has 0 fully saturated rings. The van der Waals surface area contributed by atoms with Gasteiger partial charge in [-0.15, -0.1) is 0 Å². The Kier molecular flexibility index (Phi) is 6.17. The van der Waals surface area contributed by atoms with E-state index in [0.717, 1.165) is 16.8 Å². The minimum Gasteiger partial charge on any atom is -0.334 e. The van der Waals surface area contributed by atoms with Crippen LogP contribution in [0.15, 0.2) is 71.3 Å². The van der Waals surface area contributed by atoms with Crippen LogP contribution in [0.5, 0.6) is 0 Å². The minimum atomic E-state index is -0.347. The molecule has 8 heteroatoms. The molecule has 0 aliphatic heterocycles. The normalized spacial score (nSPS) is 10.5. The molecule has 1 aromatic heterocycles. The van der Waals surface area contributed by atoms with E-state index in [1.165, 1.54) is 6.92 Å². The van der Waals surface area contributed by atoms with E-state index >= 15 is 0 Å². The van der Waals surface area contributed by atoms with Crippen LogP contribution in [0.1, 0.15) is 18.1 Å². The lowest BCUT2D eigenvalue weighted by Crippen LogP contribution is -2.19. The Bertz CT molecular complexity index is 1330. The van der Waals surface area contributed by atoms with Crippen LogP contribution in [0.3, 0.4) is 0 Å². The number of nitrogens with one attached hydrogen (secondary N) is 3. The van der Waals surface area contributed by atoms with Crippen LogP contribution in [0, 0.1) is 13.8 Å². The highest BCUT2D eigenvalue weighted by molar-refractivity contribution is 6.00. The van der Waals surface area contributed by atoms with Crippen LogP contribution in [0.25, 0.3) is 22.8 Å². The molecule has 166 valence electrons. The van der Waals surface area contributed by atoms with Crippen LogP contribution < -0.4 is 16.0 Å². The molecule has 8 nitrogen and oxygen atoms in total. The maximum atomic E-state index is 12.4. The Balaban J connectivity index is 1.51. The van der Waals surface area contributed by atoms with E-state index in [9.17, 15) is 9.59 Å². The molecule has 3 aromatic carbocycles. The molecule has 1 heterocycles. The predicted molar refractivity (Wildman–Crippen MR) is 128 cm³/mol. The van der Waals surface area contributed by atoms with Gasteiger partial charge in [-0.2, -0.15) is 4.98 Å². The third-order valence-electron chi connectivity index (χ3n) is 4.99. The number of aromatic nitrogens is 2. The summed E-state index contributed by atoms with van der Waals surface area (Å²) in [6.45, 7) is 5.29. The van der Waals surface area contributed by atoms with Gasteiger partial charge >= 0.3 is 6.03 Å². The molecule has 0 saturated heterocycles. The Morgan fingerprint density at radius 3 is 2.36 bits per heavy atom. The summed E-state index contributed by atoms with van der Waals surface area (Å²) in [6, 6.07) is 19.9. The number of rotatable bonds is 5. The molecule has 0 radical (unpaired) electrons. The summed E-state index contributed by atoms with van der Waals surface area (Å²) in [5, 5.41) is 12.5. The van der Waals surface area contributed by atoms with E-state index < -0.39 is 0 Å². The molecule has 0 aliphatic rings. The Morgan fingerprint density at radius 2 is 1.58 bits per heavy atom. The van der Waals surface area contributed by atoms with E-state index in [-0.39, 0.29) is 11.9 Å². The Morgan fingerprint density at radius 1 is 0.788 bits per heavy atom. The van der Waals surface area contributed by atoms with E-state index in [1.807, 2.05) is 56.3 Å². The van der Waals surface area contributed by atoms with Crippen molar-refractivity contribution in [3.8, 4) is 22.8 Å². The largest absolute Gasteiger partial charge is 0.334 e. The summed E-state index contributed by atoms with van der Waals surface area (Å²) >= 11 is 0. The highest BCUT2D eigenvalue weighted by Crippen LogP contribution is 2.27. The topological polar surface area (TPSA) is 109 Å². The molecule has 0 bridgehead atoms. The number of hydrogen-bond donors (Lipinski definition) is 3. The van der Waals surface area contributed by atoms with Gasteiger partial charge in [0.2, 0.25) is 11.7 Å². The smallest absolute Gasteiger partial charge is 0.323 e. The summed E-state index contributed by atoms with van der Waals surface area (Å²) in [6.07, 6.45) is 0. The first-order valence-corrected chi connectivity index (χ1v) is 10.4. The third-order valence-corrected chi connectivity index (χ3v) is 4.99. The van der Waals surface area contributed by atoms with Gasteiger partial charge in [0.1, 0.15) is 0 Å². The van der Waals surface area contributed by atoms with Gasteiger partial charge < -0.3 is 20.5 Å². The van der Waals surface area contributed by atoms with Gasteiger partial charge in [-0.3, -0.25) is 4.79 Å². The number of amides is 3. The number of para-hydroxylation sites is 1. The maximum absolute atomic E-state index is 12.4. The second-order valence-corrected chi connectivity index (χ2v) is 7.61. The number of nitrogens with zero attached hydrogens (tertiary/aromatic N) is 2. The van der Waals surface area contributed by atoms with Crippen molar-refractivity contribution in [2.24, 2.45) is 0 Å². The van der Waals surface area contributed by atoms with Gasteiger partial charge in [0.25, 0.3) is 5.89 Å². The zero-order valence-corrected chi connectivity index (χ0v) is 18.5. The molecule has 33 heavy (non-hydrogen) atoms. The predicted octanol–water partition coefficient (Wildman–Crippen LogP) is 5.62. The van der Waals surface area contributed by atoms with Gasteiger partial charge in [0.15, 0.2) is 0 Å². The highest BCUT2D eigenvalue weighted by Gasteiger charge is 2.13. The van der Waals surface area contributed by atoms with Crippen LogP contribution >= 0.6 is 0 Å². The van der Waals surface area contributed by atoms with Crippen LogP contribution in [0.2, 0.25) is 0 Å². The maximum Gasteiger partial charge on any atom is 0.323 e. The summed E-state index contributed by atoms with van der Waals surface area (Å²) in [4.78, 5) is 28.3. The summed E-state index contributed by atoms with van der Waals surface area (Å²) in [7, 11) is 0. The van der Waals surface area contributed by atoms with Crippen LogP contribution in [-0.2, 0) is 4.79 Å². The Hall–Kier alpha value is -4.46. The first kappa shape index (κ1) is 21.8. The number of urea groups is 1. The third kappa shape index (κ3) is 5.24. The Labute approximate surface area is 191 Å². The molecule has 0 aliphatic carbocycles. The van der Waals surface area contributed by atoms with Crippen LogP contribution in [-0.4, -0.2) is 22.1 Å². The average Bonchev–Trinajstić information content (AvgIpc) is 3.27. The van der Waals surface area contributed by atoms with Crippen molar-refractivity contribution in [2.45, 2.75) is 20.8 Å². The number of carbonyl (C=O) groups excluding carboxylic acids is 2. The molecule has 0 spiro atoms. The van der Waals surface area contributed by atoms with Gasteiger partial charge in [0.05, 0.1) is 0 Å². The van der Waals surface area contributed by atoms with Gasteiger partial charge in [-0.05, 0) is 55.3 Å². The van der Waals surface area contributed by atoms with E-state index in [2.05, 4.69) is 26.1 Å². The lowest BCUT2D eigenvalue weighted by Gasteiger charge is -2.10. The van der Waals surface area contributed by atoms with Crippen molar-refractivity contribution in [3.05, 3.63) is 77.9 Å². The molecule has 0 saturated carbocycles. The van der Waals surface area contributed by atoms with Gasteiger partial charge in [0, 0.05) is 35.1 Å². The van der Waals surface area contributed by atoms with E-state index in [1.54, 1.807) is 24.3 Å². The van der Waals surface area contributed by atoms with Crippen molar-refractivity contribution < 1.29 is 14.1 Å². The summed E-state index contributed by atoms with van der Waals surface area (Å²) < 4.78 is 5.44. The first-order chi connectivity index (χ1) is 15.9. The lowest BCUT2D eigenvalue weighted by molar-refractivity contribution is -0.114. The number of benzene rings is 3. The standard InChI is InChI=1S/C25H23N5O3/c1-15-7-4-5-10-21(15)28-25(32)27-20-9-6-8-18(13-20)23-29-24(33-30-23)19-12-11-16(2)22(14-19)26-17(3)31/h4-14H,1-3H3,(H,26,31)(H2,27,28,32). The molecular weight excluding hydrogens is 418 g/mol. The molecule has 0 atom stereocenters. The number of aryl methyl sites for hydroxylation is 2. The molecular formula is C25H23N5O3. The second kappa shape index (κ2) is 9.35. The van der Waals surface area contributed by atoms with Gasteiger partial charge in [-0.25, -0.2) is 4.79 Å². The van der Waals surface area contributed by atoms with E-state index in [4.69, 9.17) is 4.52 Å². The number of hydrogen-bond acceptors (Lipinski definition) is 5. The van der Waals surface area contributed by atoms with Gasteiger partial charge in [-0.1, -0.05) is 41.6 Å². The quantitative estimate of drug-likeness (QED) is 0.372. The molecule has 3 N–H and O–H groups in total. The molecule has 0 unspecified atom stereocenters. The van der Waals surface area contributed by atoms with E-state index in [0.29, 0.717) is 34.2 Å². The second-order valence-electron chi connectivity index (χ2n) is 7.61.